The Morgan fingerprint density at radius 3 is 2.42 bits per heavy atom. The smallest absolute Gasteiger partial charge is 0.183 e. The lowest BCUT2D eigenvalue weighted by Gasteiger charge is -2.11. The molecule has 0 fully saturated rings. The predicted molar refractivity (Wildman–Crippen MR) is 76.6 cm³/mol. The van der Waals surface area contributed by atoms with E-state index >= 15 is 0 Å². The van der Waals surface area contributed by atoms with Crippen molar-refractivity contribution < 1.29 is 4.79 Å². The van der Waals surface area contributed by atoms with Crippen molar-refractivity contribution in [2.45, 2.75) is 40.7 Å². The molecular formula is C16H20N2O. The van der Waals surface area contributed by atoms with Crippen LogP contribution in [-0.2, 0) is 13.0 Å². The Balaban J connectivity index is 2.31. The van der Waals surface area contributed by atoms with Crippen molar-refractivity contribution in [1.29, 1.82) is 0 Å². The molecule has 2 aromatic rings. The molecule has 0 N–H and O–H groups in total. The lowest BCUT2D eigenvalue weighted by molar-refractivity contribution is 0.0970. The number of aromatic nitrogens is 2. The van der Waals surface area contributed by atoms with E-state index < -0.39 is 0 Å². The van der Waals surface area contributed by atoms with E-state index in [0.717, 1.165) is 28.9 Å². The summed E-state index contributed by atoms with van der Waals surface area (Å²) in [5.74, 6) is 1.11. The maximum atomic E-state index is 12.5. The van der Waals surface area contributed by atoms with Gasteiger partial charge in [-0.05, 0) is 31.9 Å². The number of nitrogens with zero attached hydrogens (tertiary/aromatic N) is 2. The molecule has 0 saturated heterocycles. The first-order valence-electron chi connectivity index (χ1n) is 6.64. The van der Waals surface area contributed by atoms with Gasteiger partial charge in [-0.25, -0.2) is 4.98 Å². The molecule has 1 heterocycles. The van der Waals surface area contributed by atoms with Crippen LogP contribution in [-0.4, -0.2) is 15.3 Å². The van der Waals surface area contributed by atoms with Gasteiger partial charge in [0.25, 0.3) is 0 Å². The van der Waals surface area contributed by atoms with E-state index in [1.165, 1.54) is 5.56 Å². The summed E-state index contributed by atoms with van der Waals surface area (Å²) in [6.07, 6.45) is 4.46. The van der Waals surface area contributed by atoms with E-state index in [9.17, 15) is 4.79 Å². The quantitative estimate of drug-likeness (QED) is 0.787. The van der Waals surface area contributed by atoms with Gasteiger partial charge >= 0.3 is 0 Å². The number of aryl methyl sites for hydroxylation is 4. The normalized spacial score (nSPS) is 10.7. The number of rotatable bonds is 4. The van der Waals surface area contributed by atoms with E-state index in [4.69, 9.17) is 0 Å². The van der Waals surface area contributed by atoms with Gasteiger partial charge in [-0.3, -0.25) is 4.79 Å². The molecule has 0 bridgehead atoms. The van der Waals surface area contributed by atoms with Crippen molar-refractivity contribution in [1.82, 2.24) is 9.55 Å². The van der Waals surface area contributed by atoms with E-state index in [2.05, 4.69) is 24.0 Å². The van der Waals surface area contributed by atoms with E-state index in [0.29, 0.717) is 6.54 Å². The van der Waals surface area contributed by atoms with Crippen molar-refractivity contribution in [3.05, 3.63) is 52.6 Å². The van der Waals surface area contributed by atoms with Crippen molar-refractivity contribution in [3.63, 3.8) is 0 Å². The van der Waals surface area contributed by atoms with Gasteiger partial charge in [0.15, 0.2) is 5.78 Å². The zero-order chi connectivity index (χ0) is 14.0. The number of imidazole rings is 1. The van der Waals surface area contributed by atoms with Gasteiger partial charge in [0.05, 0.1) is 6.54 Å². The second-order valence-electron chi connectivity index (χ2n) is 5.02. The van der Waals surface area contributed by atoms with Crippen LogP contribution < -0.4 is 0 Å². The van der Waals surface area contributed by atoms with E-state index in [-0.39, 0.29) is 5.78 Å². The maximum absolute atomic E-state index is 12.5. The molecule has 3 heteroatoms. The highest BCUT2D eigenvalue weighted by molar-refractivity contribution is 5.98. The minimum Gasteiger partial charge on any atom is -0.327 e. The van der Waals surface area contributed by atoms with Gasteiger partial charge in [-0.15, -0.1) is 0 Å². The van der Waals surface area contributed by atoms with Crippen LogP contribution in [0.1, 0.15) is 39.8 Å². The largest absolute Gasteiger partial charge is 0.327 e. The monoisotopic (exact) mass is 256 g/mol. The predicted octanol–water partition coefficient (Wildman–Crippen LogP) is 3.25. The second-order valence-corrected chi connectivity index (χ2v) is 5.02. The molecule has 19 heavy (non-hydrogen) atoms. The van der Waals surface area contributed by atoms with Crippen LogP contribution in [0.25, 0.3) is 0 Å². The number of hydrogen-bond acceptors (Lipinski definition) is 2. The van der Waals surface area contributed by atoms with E-state index in [1.54, 1.807) is 6.20 Å². The van der Waals surface area contributed by atoms with Crippen molar-refractivity contribution in [3.8, 4) is 0 Å². The molecule has 100 valence electrons. The average molecular weight is 256 g/mol. The lowest BCUT2D eigenvalue weighted by Crippen LogP contribution is -2.14. The van der Waals surface area contributed by atoms with Gasteiger partial charge in [-0.1, -0.05) is 24.6 Å². The molecule has 0 amide bonds. The molecule has 0 saturated carbocycles. The molecule has 0 aliphatic carbocycles. The van der Waals surface area contributed by atoms with Crippen molar-refractivity contribution >= 4 is 5.78 Å². The summed E-state index contributed by atoms with van der Waals surface area (Å²) in [7, 11) is 0. The Morgan fingerprint density at radius 1 is 1.21 bits per heavy atom. The molecule has 1 aromatic carbocycles. The van der Waals surface area contributed by atoms with Gasteiger partial charge in [-0.2, -0.15) is 0 Å². The fourth-order valence-corrected chi connectivity index (χ4v) is 2.65. The number of carbonyl (C=O) groups is 1. The van der Waals surface area contributed by atoms with Crippen LogP contribution in [0.5, 0.6) is 0 Å². The first kappa shape index (κ1) is 13.5. The molecule has 0 aliphatic heterocycles. The Kier molecular flexibility index (Phi) is 3.84. The molecular weight excluding hydrogens is 236 g/mol. The van der Waals surface area contributed by atoms with Gasteiger partial charge in [0.2, 0.25) is 0 Å². The Bertz CT molecular complexity index is 588. The number of benzene rings is 1. The number of hydrogen-bond donors (Lipinski definition) is 0. The Hall–Kier alpha value is -1.90. The third-order valence-electron chi connectivity index (χ3n) is 3.39. The first-order valence-corrected chi connectivity index (χ1v) is 6.64. The van der Waals surface area contributed by atoms with Gasteiger partial charge in [0, 0.05) is 24.4 Å². The fraction of sp³-hybridized carbons (Fsp3) is 0.375. The minimum absolute atomic E-state index is 0.155. The molecule has 0 spiro atoms. The zero-order valence-corrected chi connectivity index (χ0v) is 12.0. The highest BCUT2D eigenvalue weighted by Gasteiger charge is 2.14. The Labute approximate surface area is 114 Å². The van der Waals surface area contributed by atoms with Crippen LogP contribution >= 0.6 is 0 Å². The van der Waals surface area contributed by atoms with Gasteiger partial charge in [0.1, 0.15) is 5.82 Å². The summed E-state index contributed by atoms with van der Waals surface area (Å²) < 4.78 is 1.93. The zero-order valence-electron chi connectivity index (χ0n) is 12.0. The summed E-state index contributed by atoms with van der Waals surface area (Å²) in [5.41, 5.74) is 4.16. The summed E-state index contributed by atoms with van der Waals surface area (Å²) in [4.78, 5) is 16.7. The topological polar surface area (TPSA) is 34.9 Å². The average Bonchev–Trinajstić information content (AvgIpc) is 2.74. The third kappa shape index (κ3) is 2.75. The second kappa shape index (κ2) is 5.39. The van der Waals surface area contributed by atoms with Crippen molar-refractivity contribution in [2.24, 2.45) is 0 Å². The molecule has 0 radical (unpaired) electrons. The van der Waals surface area contributed by atoms with Gasteiger partial charge < -0.3 is 4.57 Å². The fourth-order valence-electron chi connectivity index (χ4n) is 2.65. The molecule has 2 rings (SSSR count). The van der Waals surface area contributed by atoms with Crippen LogP contribution in [0.2, 0.25) is 0 Å². The minimum atomic E-state index is 0.155. The summed E-state index contributed by atoms with van der Waals surface area (Å²) >= 11 is 0. The summed E-state index contributed by atoms with van der Waals surface area (Å²) in [5, 5.41) is 0. The highest BCUT2D eigenvalue weighted by atomic mass is 16.1. The summed E-state index contributed by atoms with van der Waals surface area (Å²) in [6, 6.07) is 4.13. The first-order chi connectivity index (χ1) is 9.02. The molecule has 0 atom stereocenters. The molecule has 0 unspecified atom stereocenters. The third-order valence-corrected chi connectivity index (χ3v) is 3.39. The maximum Gasteiger partial charge on any atom is 0.183 e. The standard InChI is InChI=1S/C16H20N2O/c1-5-15-17-6-7-18(15)10-14(19)16-12(3)8-11(2)9-13(16)4/h6-9H,5,10H2,1-4H3. The van der Waals surface area contributed by atoms with Crippen LogP contribution in [0, 0.1) is 20.8 Å². The van der Waals surface area contributed by atoms with E-state index in [1.807, 2.05) is 31.5 Å². The number of ketones is 1. The molecule has 0 aliphatic rings. The van der Waals surface area contributed by atoms with Crippen LogP contribution in [0.15, 0.2) is 24.5 Å². The molecule has 1 aromatic heterocycles. The van der Waals surface area contributed by atoms with Crippen molar-refractivity contribution in [2.75, 3.05) is 0 Å². The highest BCUT2D eigenvalue weighted by Crippen LogP contribution is 2.18. The number of Topliss-reactive ketones (excluding diaryl/α,β-unsaturated/α-hetero) is 1. The Morgan fingerprint density at radius 2 is 1.84 bits per heavy atom. The summed E-state index contributed by atoms with van der Waals surface area (Å²) in [6.45, 7) is 8.47. The SMILES string of the molecule is CCc1nccn1CC(=O)c1c(C)cc(C)cc1C. The molecule has 3 nitrogen and oxygen atoms in total. The van der Waals surface area contributed by atoms with Crippen LogP contribution in [0.3, 0.4) is 0 Å². The van der Waals surface area contributed by atoms with Crippen LogP contribution in [0.4, 0.5) is 0 Å². The number of carbonyl (C=O) groups excluding carboxylic acids is 1. The lowest BCUT2D eigenvalue weighted by atomic mass is 9.96.